The maximum Gasteiger partial charge on any atom is 0.338 e. The molecule has 0 aliphatic carbocycles. The zero-order valence-corrected chi connectivity index (χ0v) is 15.1. The summed E-state index contributed by atoms with van der Waals surface area (Å²) in [6, 6.07) is 6.64. The first kappa shape index (κ1) is 19.0. The Morgan fingerprint density at radius 3 is 2.68 bits per heavy atom. The summed E-state index contributed by atoms with van der Waals surface area (Å²) in [5.41, 5.74) is 1.10. The van der Waals surface area contributed by atoms with E-state index in [2.05, 4.69) is 15.5 Å². The summed E-state index contributed by atoms with van der Waals surface area (Å²) >= 11 is 1.40. The highest BCUT2D eigenvalue weighted by molar-refractivity contribution is 7.99. The van der Waals surface area contributed by atoms with Gasteiger partial charge in [0, 0.05) is 12.6 Å². The molecule has 1 aromatic carbocycles. The number of nitrogens with one attached hydrogen (secondary N) is 1. The van der Waals surface area contributed by atoms with Crippen LogP contribution in [0.3, 0.4) is 0 Å². The van der Waals surface area contributed by atoms with E-state index in [-0.39, 0.29) is 17.6 Å². The van der Waals surface area contributed by atoms with Crippen molar-refractivity contribution in [2.24, 2.45) is 0 Å². The summed E-state index contributed by atoms with van der Waals surface area (Å²) in [7, 11) is 0. The number of benzene rings is 1. The molecule has 2 rings (SSSR count). The van der Waals surface area contributed by atoms with Crippen LogP contribution in [0.25, 0.3) is 0 Å². The Morgan fingerprint density at radius 1 is 1.28 bits per heavy atom. The fourth-order valence-corrected chi connectivity index (χ4v) is 2.57. The largest absolute Gasteiger partial charge is 0.462 e. The maximum atomic E-state index is 11.9. The number of hydrogen-bond acceptors (Lipinski definition) is 7. The summed E-state index contributed by atoms with van der Waals surface area (Å²) in [4.78, 5) is 27.8. The van der Waals surface area contributed by atoms with Crippen molar-refractivity contribution in [3.8, 4) is 0 Å². The number of anilines is 1. The Labute approximate surface area is 150 Å². The fraction of sp³-hybridized carbons (Fsp3) is 0.412. The lowest BCUT2D eigenvalue weighted by atomic mass is 10.2. The third kappa shape index (κ3) is 6.58. The van der Waals surface area contributed by atoms with E-state index in [1.807, 2.05) is 6.92 Å². The first-order valence-electron chi connectivity index (χ1n) is 8.02. The third-order valence-corrected chi connectivity index (χ3v) is 4.10. The van der Waals surface area contributed by atoms with Crippen molar-refractivity contribution >= 4 is 29.3 Å². The molecule has 0 fully saturated rings. The third-order valence-electron chi connectivity index (χ3n) is 3.17. The summed E-state index contributed by atoms with van der Waals surface area (Å²) in [6.07, 6.45) is 1.82. The number of unbranched alkanes of at least 4 members (excludes halogenated alkanes) is 1. The predicted molar refractivity (Wildman–Crippen MR) is 95.5 cm³/mol. The number of aryl methyl sites for hydroxylation is 1. The second-order valence-corrected chi connectivity index (χ2v) is 6.32. The first-order valence-corrected chi connectivity index (χ1v) is 9.18. The predicted octanol–water partition coefficient (Wildman–Crippen LogP) is 3.21. The van der Waals surface area contributed by atoms with Crippen LogP contribution in [-0.2, 0) is 15.3 Å². The van der Waals surface area contributed by atoms with E-state index in [9.17, 15) is 9.59 Å². The van der Waals surface area contributed by atoms with Crippen molar-refractivity contribution in [3.05, 3.63) is 41.5 Å². The zero-order chi connectivity index (χ0) is 18.1. The average molecular weight is 363 g/mol. The van der Waals surface area contributed by atoms with E-state index in [0.29, 0.717) is 35.3 Å². The van der Waals surface area contributed by atoms with Gasteiger partial charge in [-0.3, -0.25) is 4.79 Å². The molecule has 1 amide bonds. The number of carbonyl (C=O) groups is 2. The van der Waals surface area contributed by atoms with Gasteiger partial charge in [-0.1, -0.05) is 18.5 Å². The summed E-state index contributed by atoms with van der Waals surface area (Å²) in [5.74, 6) is 1.37. The smallest absolute Gasteiger partial charge is 0.338 e. The van der Waals surface area contributed by atoms with Gasteiger partial charge in [-0.25, -0.2) is 4.79 Å². The van der Waals surface area contributed by atoms with E-state index >= 15 is 0 Å². The van der Waals surface area contributed by atoms with E-state index in [1.54, 1.807) is 31.2 Å². The molecule has 0 bridgehead atoms. The van der Waals surface area contributed by atoms with Gasteiger partial charge in [0.2, 0.25) is 11.8 Å². The Kier molecular flexibility index (Phi) is 7.46. The van der Waals surface area contributed by atoms with Gasteiger partial charge in [0.05, 0.1) is 23.7 Å². The molecule has 7 nitrogen and oxygen atoms in total. The first-order chi connectivity index (χ1) is 12.1. The van der Waals surface area contributed by atoms with Crippen LogP contribution in [0.15, 0.2) is 28.8 Å². The number of esters is 1. The highest BCUT2D eigenvalue weighted by Crippen LogP contribution is 2.13. The number of ether oxygens (including phenoxy) is 1. The Hall–Kier alpha value is -2.35. The van der Waals surface area contributed by atoms with E-state index < -0.39 is 0 Å². The van der Waals surface area contributed by atoms with Crippen molar-refractivity contribution in [3.63, 3.8) is 0 Å². The van der Waals surface area contributed by atoms with Crippen molar-refractivity contribution in [1.29, 1.82) is 0 Å². The number of thioether (sulfide) groups is 1. The average Bonchev–Trinajstić information content (AvgIpc) is 3.01. The van der Waals surface area contributed by atoms with Gasteiger partial charge >= 0.3 is 5.97 Å². The van der Waals surface area contributed by atoms with Crippen molar-refractivity contribution < 1.29 is 18.8 Å². The molecule has 0 aliphatic rings. The molecule has 0 unspecified atom stereocenters. The molecule has 0 radical (unpaired) electrons. The molecular weight excluding hydrogens is 342 g/mol. The van der Waals surface area contributed by atoms with Crippen LogP contribution in [0.4, 0.5) is 5.69 Å². The molecule has 25 heavy (non-hydrogen) atoms. The topological polar surface area (TPSA) is 94.3 Å². The van der Waals surface area contributed by atoms with Gasteiger partial charge in [0.1, 0.15) is 0 Å². The van der Waals surface area contributed by atoms with Crippen LogP contribution >= 0.6 is 11.8 Å². The monoisotopic (exact) mass is 363 g/mol. The lowest BCUT2D eigenvalue weighted by molar-refractivity contribution is -0.113. The van der Waals surface area contributed by atoms with Crippen LogP contribution in [0.2, 0.25) is 0 Å². The van der Waals surface area contributed by atoms with Crippen LogP contribution in [0.1, 0.15) is 41.8 Å². The highest BCUT2D eigenvalue weighted by atomic mass is 32.2. The van der Waals surface area contributed by atoms with E-state index in [0.717, 1.165) is 12.8 Å². The fourth-order valence-electron chi connectivity index (χ4n) is 1.91. The van der Waals surface area contributed by atoms with E-state index in [4.69, 9.17) is 9.26 Å². The number of amides is 1. The summed E-state index contributed by atoms with van der Waals surface area (Å²) in [5, 5.41) is 6.54. The van der Waals surface area contributed by atoms with Gasteiger partial charge in [0.25, 0.3) is 0 Å². The minimum atomic E-state index is -0.350. The molecule has 1 N–H and O–H groups in total. The van der Waals surface area contributed by atoms with Gasteiger partial charge in [0.15, 0.2) is 5.82 Å². The second-order valence-electron chi connectivity index (χ2n) is 5.34. The SMILES string of the molecule is CCCCOC(=O)c1ccc(NC(=O)CSCc2noc(C)n2)cc1. The van der Waals surface area contributed by atoms with Gasteiger partial charge in [-0.2, -0.15) is 4.98 Å². The van der Waals surface area contributed by atoms with Crippen LogP contribution in [0, 0.1) is 6.92 Å². The second kappa shape index (κ2) is 9.83. The van der Waals surface area contributed by atoms with Gasteiger partial charge in [-0.15, -0.1) is 11.8 Å². The molecule has 1 heterocycles. The standard InChI is InChI=1S/C17H21N3O4S/c1-3-4-9-23-17(22)13-5-7-14(8-6-13)19-16(21)11-25-10-15-18-12(2)24-20-15/h5-8H,3-4,9-11H2,1-2H3,(H,19,21). The number of rotatable bonds is 9. The molecule has 1 aromatic heterocycles. The van der Waals surface area contributed by atoms with E-state index in [1.165, 1.54) is 11.8 Å². The number of carbonyl (C=O) groups excluding carboxylic acids is 2. The Bertz CT molecular complexity index is 700. The summed E-state index contributed by atoms with van der Waals surface area (Å²) < 4.78 is 10.0. The maximum absolute atomic E-state index is 11.9. The minimum Gasteiger partial charge on any atom is -0.462 e. The van der Waals surface area contributed by atoms with Crippen molar-refractivity contribution in [1.82, 2.24) is 10.1 Å². The lowest BCUT2D eigenvalue weighted by Crippen LogP contribution is -2.14. The van der Waals surface area contributed by atoms with Crippen molar-refractivity contribution in [2.45, 2.75) is 32.4 Å². The summed E-state index contributed by atoms with van der Waals surface area (Å²) in [6.45, 7) is 4.18. The van der Waals surface area contributed by atoms with Gasteiger partial charge < -0.3 is 14.6 Å². The quantitative estimate of drug-likeness (QED) is 0.540. The molecule has 0 saturated carbocycles. The zero-order valence-electron chi connectivity index (χ0n) is 14.3. The van der Waals surface area contributed by atoms with Crippen LogP contribution < -0.4 is 5.32 Å². The molecule has 8 heteroatoms. The molecule has 0 saturated heterocycles. The lowest BCUT2D eigenvalue weighted by Gasteiger charge is -2.07. The van der Waals surface area contributed by atoms with Crippen LogP contribution in [-0.4, -0.2) is 34.4 Å². The highest BCUT2D eigenvalue weighted by Gasteiger charge is 2.09. The molecule has 134 valence electrons. The number of hydrogen-bond donors (Lipinski definition) is 1. The van der Waals surface area contributed by atoms with Crippen LogP contribution in [0.5, 0.6) is 0 Å². The van der Waals surface area contributed by atoms with Gasteiger partial charge in [-0.05, 0) is 30.7 Å². The van der Waals surface area contributed by atoms with Crippen molar-refractivity contribution in [2.75, 3.05) is 17.7 Å². The normalized spacial score (nSPS) is 10.5. The molecule has 0 aliphatic heterocycles. The Morgan fingerprint density at radius 2 is 2.04 bits per heavy atom. The Balaban J connectivity index is 1.74. The molecule has 0 atom stereocenters. The number of aromatic nitrogens is 2. The number of nitrogens with zero attached hydrogens (tertiary/aromatic N) is 2. The molecule has 0 spiro atoms. The minimum absolute atomic E-state index is 0.136. The molecular formula is C17H21N3O4S. The molecule has 2 aromatic rings.